The van der Waals surface area contributed by atoms with Gasteiger partial charge in [-0.3, -0.25) is 15.1 Å². The molecule has 0 saturated carbocycles. The molecular weight excluding hydrogens is 326 g/mol. The Morgan fingerprint density at radius 1 is 1.08 bits per heavy atom. The van der Waals surface area contributed by atoms with Crippen molar-refractivity contribution in [2.24, 2.45) is 0 Å². The highest BCUT2D eigenvalue weighted by Crippen LogP contribution is 2.38. The van der Waals surface area contributed by atoms with Gasteiger partial charge >= 0.3 is 0 Å². The van der Waals surface area contributed by atoms with E-state index in [4.69, 9.17) is 11.6 Å². The molecule has 0 unspecified atom stereocenters. The Kier molecular flexibility index (Phi) is 3.97. The highest BCUT2D eigenvalue weighted by Gasteiger charge is 2.22. The molecule has 0 saturated heterocycles. The van der Waals surface area contributed by atoms with Crippen molar-refractivity contribution in [2.45, 2.75) is 27.7 Å². The van der Waals surface area contributed by atoms with Gasteiger partial charge in [-0.25, -0.2) is 4.98 Å². The molecule has 0 fully saturated rings. The maximum atomic E-state index is 11.4. The van der Waals surface area contributed by atoms with Gasteiger partial charge in [0.2, 0.25) is 0 Å². The fourth-order valence-corrected chi connectivity index (χ4v) is 3.52. The summed E-state index contributed by atoms with van der Waals surface area (Å²) in [4.78, 5) is 19.8. The molecule has 6 heteroatoms. The van der Waals surface area contributed by atoms with Crippen LogP contribution in [0.1, 0.15) is 22.4 Å². The zero-order valence-corrected chi connectivity index (χ0v) is 14.6. The van der Waals surface area contributed by atoms with Gasteiger partial charge in [-0.05, 0) is 44.9 Å². The van der Waals surface area contributed by atoms with Gasteiger partial charge in [0.1, 0.15) is 17.1 Å². The van der Waals surface area contributed by atoms with E-state index in [1.54, 1.807) is 6.07 Å². The summed E-state index contributed by atoms with van der Waals surface area (Å²) >= 11 is 6.30. The predicted molar refractivity (Wildman–Crippen MR) is 95.6 cm³/mol. The molecule has 0 aliphatic carbocycles. The Hall–Kier alpha value is -2.53. The van der Waals surface area contributed by atoms with E-state index >= 15 is 0 Å². The van der Waals surface area contributed by atoms with Crippen molar-refractivity contribution in [3.8, 4) is 11.3 Å². The summed E-state index contributed by atoms with van der Waals surface area (Å²) in [5.74, 6) is 0. The lowest BCUT2D eigenvalue weighted by Crippen LogP contribution is -2.00. The molecule has 0 bridgehead atoms. The van der Waals surface area contributed by atoms with E-state index in [1.165, 1.54) is 6.20 Å². The van der Waals surface area contributed by atoms with Crippen molar-refractivity contribution in [3.63, 3.8) is 0 Å². The minimum atomic E-state index is -0.475. The standard InChI is InChI=1S/C18H16ClN3O2/c1-9-5-10(2)15(11(3)6-9)17-18-16(13(19)7-12(4)21-18)14(8-20-17)22(23)24/h5-8H,1-4H3. The Bertz CT molecular complexity index is 976. The molecule has 2 heterocycles. The number of halogens is 1. The van der Waals surface area contributed by atoms with Gasteiger partial charge in [0.25, 0.3) is 5.69 Å². The maximum absolute atomic E-state index is 11.4. The first kappa shape index (κ1) is 16.3. The van der Waals surface area contributed by atoms with Crippen LogP contribution in [0.2, 0.25) is 5.02 Å². The van der Waals surface area contributed by atoms with E-state index in [-0.39, 0.29) is 5.69 Å². The third kappa shape index (κ3) is 2.61. The molecule has 24 heavy (non-hydrogen) atoms. The molecule has 0 amide bonds. The summed E-state index contributed by atoms with van der Waals surface area (Å²) in [6.45, 7) is 7.84. The molecule has 0 radical (unpaired) electrons. The number of rotatable bonds is 2. The van der Waals surface area contributed by atoms with Crippen LogP contribution >= 0.6 is 11.6 Å². The molecule has 0 aliphatic rings. The van der Waals surface area contributed by atoms with Gasteiger partial charge in [-0.15, -0.1) is 0 Å². The Balaban J connectivity index is 2.48. The van der Waals surface area contributed by atoms with E-state index in [2.05, 4.69) is 22.1 Å². The average Bonchev–Trinajstić information content (AvgIpc) is 2.46. The van der Waals surface area contributed by atoms with E-state index in [0.717, 1.165) is 22.3 Å². The van der Waals surface area contributed by atoms with Crippen LogP contribution in [-0.4, -0.2) is 14.9 Å². The summed E-state index contributed by atoms with van der Waals surface area (Å²) in [5, 5.41) is 12.0. The Morgan fingerprint density at radius 2 is 1.71 bits per heavy atom. The summed E-state index contributed by atoms with van der Waals surface area (Å²) in [6.07, 6.45) is 1.26. The molecule has 1 aromatic carbocycles. The van der Waals surface area contributed by atoms with Crippen LogP contribution in [0.3, 0.4) is 0 Å². The third-order valence-electron chi connectivity index (χ3n) is 4.01. The van der Waals surface area contributed by atoms with E-state index in [0.29, 0.717) is 27.3 Å². The van der Waals surface area contributed by atoms with Crippen molar-refractivity contribution in [2.75, 3.05) is 0 Å². The van der Waals surface area contributed by atoms with E-state index in [1.807, 2.05) is 27.7 Å². The fourth-order valence-electron chi connectivity index (χ4n) is 3.17. The zero-order valence-electron chi connectivity index (χ0n) is 13.8. The van der Waals surface area contributed by atoms with Gasteiger partial charge < -0.3 is 0 Å². The number of aryl methyl sites for hydroxylation is 4. The third-order valence-corrected chi connectivity index (χ3v) is 4.30. The van der Waals surface area contributed by atoms with Crippen molar-refractivity contribution in [3.05, 3.63) is 61.9 Å². The number of hydrogen-bond donors (Lipinski definition) is 0. The van der Waals surface area contributed by atoms with Crippen molar-refractivity contribution in [1.29, 1.82) is 0 Å². The first-order chi connectivity index (χ1) is 11.3. The Labute approximate surface area is 144 Å². The smallest absolute Gasteiger partial charge is 0.258 e. The number of pyridine rings is 2. The second-order valence-corrected chi connectivity index (χ2v) is 6.40. The Morgan fingerprint density at radius 3 is 2.29 bits per heavy atom. The lowest BCUT2D eigenvalue weighted by molar-refractivity contribution is -0.383. The molecule has 0 aliphatic heterocycles. The maximum Gasteiger partial charge on any atom is 0.298 e. The van der Waals surface area contributed by atoms with Crippen LogP contribution < -0.4 is 0 Å². The number of aromatic nitrogens is 2. The van der Waals surface area contributed by atoms with Gasteiger partial charge in [0, 0.05) is 11.3 Å². The van der Waals surface area contributed by atoms with Crippen LogP contribution in [0.15, 0.2) is 24.4 Å². The first-order valence-electron chi connectivity index (χ1n) is 7.48. The SMILES string of the molecule is Cc1cc(C)c(-c2ncc([N+](=O)[O-])c3c(Cl)cc(C)nc23)c(C)c1. The summed E-state index contributed by atoms with van der Waals surface area (Å²) in [5.41, 5.74) is 5.84. The second kappa shape index (κ2) is 5.83. The van der Waals surface area contributed by atoms with Crippen molar-refractivity contribution in [1.82, 2.24) is 9.97 Å². The minimum Gasteiger partial charge on any atom is -0.258 e. The first-order valence-corrected chi connectivity index (χ1v) is 7.86. The largest absolute Gasteiger partial charge is 0.298 e. The molecule has 5 nitrogen and oxygen atoms in total. The van der Waals surface area contributed by atoms with Crippen LogP contribution in [-0.2, 0) is 0 Å². The lowest BCUT2D eigenvalue weighted by atomic mass is 9.95. The molecule has 3 rings (SSSR count). The normalized spacial score (nSPS) is 11.0. The number of nitro groups is 1. The number of benzene rings is 1. The van der Waals surface area contributed by atoms with E-state index in [9.17, 15) is 10.1 Å². The minimum absolute atomic E-state index is 0.131. The second-order valence-electron chi connectivity index (χ2n) is 5.99. The summed E-state index contributed by atoms with van der Waals surface area (Å²) in [6, 6.07) is 5.76. The van der Waals surface area contributed by atoms with Gasteiger partial charge in [0.05, 0.1) is 15.6 Å². The number of nitrogens with zero attached hydrogens (tertiary/aromatic N) is 3. The number of hydrogen-bond acceptors (Lipinski definition) is 4. The number of fused-ring (bicyclic) bond motifs is 1. The monoisotopic (exact) mass is 341 g/mol. The summed E-state index contributed by atoms with van der Waals surface area (Å²) in [7, 11) is 0. The fraction of sp³-hybridized carbons (Fsp3) is 0.222. The highest BCUT2D eigenvalue weighted by molar-refractivity contribution is 6.36. The molecule has 2 aromatic heterocycles. The van der Waals surface area contributed by atoms with Crippen LogP contribution in [0.4, 0.5) is 5.69 Å². The van der Waals surface area contributed by atoms with Crippen LogP contribution in [0.25, 0.3) is 22.2 Å². The molecular formula is C18H16ClN3O2. The van der Waals surface area contributed by atoms with Gasteiger partial charge in [-0.2, -0.15) is 0 Å². The lowest BCUT2D eigenvalue weighted by Gasteiger charge is -2.13. The molecule has 0 spiro atoms. The quantitative estimate of drug-likeness (QED) is 0.480. The average molecular weight is 342 g/mol. The molecule has 122 valence electrons. The van der Waals surface area contributed by atoms with Crippen LogP contribution in [0, 0.1) is 37.8 Å². The van der Waals surface area contributed by atoms with Crippen molar-refractivity contribution < 1.29 is 4.92 Å². The highest BCUT2D eigenvalue weighted by atomic mass is 35.5. The topological polar surface area (TPSA) is 68.9 Å². The summed E-state index contributed by atoms with van der Waals surface area (Å²) < 4.78 is 0. The molecule has 0 atom stereocenters. The van der Waals surface area contributed by atoms with Gasteiger partial charge in [-0.1, -0.05) is 29.3 Å². The zero-order chi connectivity index (χ0) is 17.6. The van der Waals surface area contributed by atoms with E-state index < -0.39 is 4.92 Å². The van der Waals surface area contributed by atoms with Gasteiger partial charge in [0.15, 0.2) is 0 Å². The van der Waals surface area contributed by atoms with Crippen LogP contribution in [0.5, 0.6) is 0 Å². The molecule has 0 N–H and O–H groups in total. The van der Waals surface area contributed by atoms with Crippen molar-refractivity contribution >= 4 is 28.2 Å². The molecule has 3 aromatic rings. The predicted octanol–water partition coefficient (Wildman–Crippen LogP) is 5.09.